The summed E-state index contributed by atoms with van der Waals surface area (Å²) < 4.78 is 6.05. The summed E-state index contributed by atoms with van der Waals surface area (Å²) in [6.07, 6.45) is 4.51. The van der Waals surface area contributed by atoms with Crippen molar-refractivity contribution in [2.24, 2.45) is 10.9 Å². The van der Waals surface area contributed by atoms with Crippen LogP contribution in [0.2, 0.25) is 0 Å². The molecule has 3 rings (SSSR count). The molecule has 0 radical (unpaired) electrons. The first kappa shape index (κ1) is 21.9. The third-order valence-electron chi connectivity index (χ3n) is 4.25. The number of nitrogens with one attached hydrogen (secondary N) is 2. The Morgan fingerprint density at radius 1 is 1.30 bits per heavy atom. The smallest absolute Gasteiger partial charge is 0.191 e. The van der Waals surface area contributed by atoms with Crippen LogP contribution in [0.15, 0.2) is 29.4 Å². The van der Waals surface area contributed by atoms with Crippen molar-refractivity contribution in [2.45, 2.75) is 46.7 Å². The highest BCUT2D eigenvalue weighted by Gasteiger charge is 2.22. The summed E-state index contributed by atoms with van der Waals surface area (Å²) in [7, 11) is 0. The molecule has 2 aromatic rings. The van der Waals surface area contributed by atoms with Crippen LogP contribution in [0, 0.1) is 19.8 Å². The van der Waals surface area contributed by atoms with E-state index in [1.165, 1.54) is 23.3 Å². The second kappa shape index (κ2) is 10.8. The number of hydrogen-bond acceptors (Lipinski definition) is 4. The minimum atomic E-state index is 0. The molecule has 0 aliphatic heterocycles. The van der Waals surface area contributed by atoms with Gasteiger partial charge in [0.05, 0.1) is 24.7 Å². The number of nitrogens with zero attached hydrogens (tertiary/aromatic N) is 2. The quantitative estimate of drug-likeness (QED) is 0.320. The summed E-state index contributed by atoms with van der Waals surface area (Å²) >= 11 is 1.71. The van der Waals surface area contributed by atoms with Gasteiger partial charge in [-0.2, -0.15) is 0 Å². The molecule has 1 saturated carbocycles. The van der Waals surface area contributed by atoms with Crippen LogP contribution in [0.4, 0.5) is 0 Å². The number of benzene rings is 1. The fraction of sp³-hybridized carbons (Fsp3) is 0.500. The minimum Gasteiger partial charge on any atom is -0.493 e. The van der Waals surface area contributed by atoms with Gasteiger partial charge in [0.25, 0.3) is 0 Å². The molecule has 1 aromatic heterocycles. The Balaban J connectivity index is 0.00000261. The molecule has 27 heavy (non-hydrogen) atoms. The maximum Gasteiger partial charge on any atom is 0.191 e. The fourth-order valence-electron chi connectivity index (χ4n) is 2.58. The van der Waals surface area contributed by atoms with E-state index in [0.717, 1.165) is 47.9 Å². The number of thiazole rings is 1. The number of hydrogen-bond donors (Lipinski definition) is 2. The first-order valence-electron chi connectivity index (χ1n) is 9.30. The highest BCUT2D eigenvalue weighted by molar-refractivity contribution is 14.0. The standard InChI is InChI=1S/C20H28N4OS.HI/c1-4-21-20(24-12-18-11-22-15(3)26-18)23-10-17-8-5-14(2)9-19(17)25-13-16-6-7-16;/h5,8-9,11,16H,4,6-7,10,12-13H2,1-3H3,(H2,21,23,24);1H. The van der Waals surface area contributed by atoms with Gasteiger partial charge in [0.15, 0.2) is 5.96 Å². The van der Waals surface area contributed by atoms with E-state index < -0.39 is 0 Å². The maximum absolute atomic E-state index is 6.05. The van der Waals surface area contributed by atoms with E-state index in [-0.39, 0.29) is 24.0 Å². The number of aliphatic imine (C=N–C) groups is 1. The lowest BCUT2D eigenvalue weighted by atomic mass is 10.1. The van der Waals surface area contributed by atoms with Gasteiger partial charge in [0.2, 0.25) is 0 Å². The Morgan fingerprint density at radius 3 is 2.78 bits per heavy atom. The van der Waals surface area contributed by atoms with Crippen LogP contribution in [-0.4, -0.2) is 24.1 Å². The Morgan fingerprint density at radius 2 is 2.11 bits per heavy atom. The number of halogens is 1. The van der Waals surface area contributed by atoms with Gasteiger partial charge in [0.1, 0.15) is 5.75 Å². The third-order valence-corrected chi connectivity index (χ3v) is 5.16. The molecule has 1 aromatic carbocycles. The van der Waals surface area contributed by atoms with Gasteiger partial charge in [-0.1, -0.05) is 12.1 Å². The van der Waals surface area contributed by atoms with Crippen LogP contribution in [0.1, 0.15) is 40.8 Å². The average molecular weight is 500 g/mol. The lowest BCUT2D eigenvalue weighted by Crippen LogP contribution is -2.36. The van der Waals surface area contributed by atoms with Crippen molar-refractivity contribution in [3.05, 3.63) is 45.4 Å². The summed E-state index contributed by atoms with van der Waals surface area (Å²) in [4.78, 5) is 10.2. The van der Waals surface area contributed by atoms with Crippen LogP contribution in [0.5, 0.6) is 5.75 Å². The van der Waals surface area contributed by atoms with E-state index in [9.17, 15) is 0 Å². The van der Waals surface area contributed by atoms with Crippen molar-refractivity contribution in [3.63, 3.8) is 0 Å². The molecule has 7 heteroatoms. The second-order valence-electron chi connectivity index (χ2n) is 6.76. The highest BCUT2D eigenvalue weighted by Crippen LogP contribution is 2.30. The number of ether oxygens (including phenoxy) is 1. The molecule has 1 heterocycles. The van der Waals surface area contributed by atoms with Crippen LogP contribution in [0.3, 0.4) is 0 Å². The minimum absolute atomic E-state index is 0. The summed E-state index contributed by atoms with van der Waals surface area (Å²) in [5, 5.41) is 7.77. The van der Waals surface area contributed by atoms with Gasteiger partial charge < -0.3 is 15.4 Å². The van der Waals surface area contributed by atoms with E-state index in [1.54, 1.807) is 11.3 Å². The van der Waals surface area contributed by atoms with E-state index >= 15 is 0 Å². The van der Waals surface area contributed by atoms with Crippen LogP contribution >= 0.6 is 35.3 Å². The topological polar surface area (TPSA) is 58.5 Å². The highest BCUT2D eigenvalue weighted by atomic mass is 127. The summed E-state index contributed by atoms with van der Waals surface area (Å²) in [6.45, 7) is 9.17. The predicted octanol–water partition coefficient (Wildman–Crippen LogP) is 4.42. The fourth-order valence-corrected chi connectivity index (χ4v) is 3.32. The summed E-state index contributed by atoms with van der Waals surface area (Å²) in [6, 6.07) is 6.36. The van der Waals surface area contributed by atoms with Crippen molar-refractivity contribution in [3.8, 4) is 5.75 Å². The number of guanidine groups is 1. The maximum atomic E-state index is 6.05. The van der Waals surface area contributed by atoms with Crippen LogP contribution in [0.25, 0.3) is 0 Å². The normalized spacial score (nSPS) is 13.8. The van der Waals surface area contributed by atoms with Crippen molar-refractivity contribution in [2.75, 3.05) is 13.2 Å². The zero-order valence-electron chi connectivity index (χ0n) is 16.2. The lowest BCUT2D eigenvalue weighted by Gasteiger charge is -2.13. The van der Waals surface area contributed by atoms with E-state index in [1.807, 2.05) is 13.1 Å². The van der Waals surface area contributed by atoms with Gasteiger partial charge in [-0.3, -0.25) is 0 Å². The van der Waals surface area contributed by atoms with Gasteiger partial charge in [-0.15, -0.1) is 35.3 Å². The second-order valence-corrected chi connectivity index (χ2v) is 8.08. The van der Waals surface area contributed by atoms with Crippen molar-refractivity contribution >= 4 is 41.3 Å². The monoisotopic (exact) mass is 500 g/mol. The van der Waals surface area contributed by atoms with Gasteiger partial charge in [-0.05, 0) is 51.2 Å². The summed E-state index contributed by atoms with van der Waals surface area (Å²) in [5.41, 5.74) is 2.34. The molecule has 1 aliphatic carbocycles. The molecule has 5 nitrogen and oxygen atoms in total. The van der Waals surface area contributed by atoms with E-state index in [2.05, 4.69) is 47.7 Å². The van der Waals surface area contributed by atoms with Crippen LogP contribution < -0.4 is 15.4 Å². The Hall–Kier alpha value is -1.35. The third kappa shape index (κ3) is 7.29. The Bertz CT molecular complexity index is 758. The molecule has 0 unspecified atom stereocenters. The number of aryl methyl sites for hydroxylation is 2. The largest absolute Gasteiger partial charge is 0.493 e. The summed E-state index contributed by atoms with van der Waals surface area (Å²) in [5.74, 6) is 2.52. The molecule has 0 bridgehead atoms. The Labute approximate surface area is 183 Å². The number of rotatable bonds is 8. The molecule has 1 fully saturated rings. The SMILES string of the molecule is CCNC(=NCc1ccc(C)cc1OCC1CC1)NCc1cnc(C)s1.I. The molecule has 0 spiro atoms. The van der Waals surface area contributed by atoms with Crippen molar-refractivity contribution in [1.29, 1.82) is 0 Å². The Kier molecular flexibility index (Phi) is 8.82. The number of aromatic nitrogens is 1. The molecular weight excluding hydrogens is 471 g/mol. The average Bonchev–Trinajstić information content (AvgIpc) is 3.37. The predicted molar refractivity (Wildman–Crippen MR) is 123 cm³/mol. The molecule has 1 aliphatic rings. The van der Waals surface area contributed by atoms with E-state index in [4.69, 9.17) is 9.73 Å². The molecular formula is C20H29IN4OS. The van der Waals surface area contributed by atoms with Gasteiger partial charge in [0, 0.05) is 23.2 Å². The molecule has 148 valence electrons. The van der Waals surface area contributed by atoms with E-state index in [0.29, 0.717) is 6.54 Å². The molecule has 0 amide bonds. The molecule has 0 saturated heterocycles. The first-order valence-corrected chi connectivity index (χ1v) is 10.1. The van der Waals surface area contributed by atoms with Gasteiger partial charge in [-0.25, -0.2) is 9.98 Å². The first-order chi connectivity index (χ1) is 12.6. The zero-order chi connectivity index (χ0) is 18.4. The van der Waals surface area contributed by atoms with Gasteiger partial charge >= 0.3 is 0 Å². The van der Waals surface area contributed by atoms with Crippen LogP contribution in [-0.2, 0) is 13.1 Å². The zero-order valence-corrected chi connectivity index (χ0v) is 19.4. The lowest BCUT2D eigenvalue weighted by molar-refractivity contribution is 0.296. The van der Waals surface area contributed by atoms with Crippen molar-refractivity contribution < 1.29 is 4.74 Å². The molecule has 2 N–H and O–H groups in total. The van der Waals surface area contributed by atoms with Crippen molar-refractivity contribution in [1.82, 2.24) is 15.6 Å². The molecule has 0 atom stereocenters.